The zero-order valence-corrected chi connectivity index (χ0v) is 11.2. The number of rotatable bonds is 4. The second-order valence-corrected chi connectivity index (χ2v) is 5.02. The molecule has 2 unspecified atom stereocenters. The molecule has 0 fully saturated rings. The van der Waals surface area contributed by atoms with Crippen molar-refractivity contribution in [2.24, 2.45) is 11.8 Å². The first-order valence-corrected chi connectivity index (χ1v) is 5.71. The molecule has 0 aromatic heterocycles. The fourth-order valence-electron chi connectivity index (χ4n) is 1.23. The fraction of sp³-hybridized carbons (Fsp3) is 0.818. The zero-order valence-electron chi connectivity index (χ0n) is 11.2. The van der Waals surface area contributed by atoms with E-state index in [9.17, 15) is 9.59 Å². The van der Waals surface area contributed by atoms with E-state index in [-0.39, 0.29) is 5.92 Å². The minimum absolute atomic E-state index is 0.0222. The van der Waals surface area contributed by atoms with E-state index in [0.717, 1.165) is 6.42 Å². The van der Waals surface area contributed by atoms with Crippen LogP contribution in [0, 0.1) is 5.92 Å². The quantitative estimate of drug-likeness (QED) is 0.390. The maximum Gasteiger partial charge on any atom is 0.408 e. The number of nitrogens with one attached hydrogen (secondary N) is 2. The lowest BCUT2D eigenvalue weighted by Crippen LogP contribution is -2.52. The van der Waals surface area contributed by atoms with E-state index in [0.29, 0.717) is 0 Å². The molecule has 0 aromatic rings. The van der Waals surface area contributed by atoms with Gasteiger partial charge < -0.3 is 10.1 Å². The van der Waals surface area contributed by atoms with Crippen molar-refractivity contribution in [2.75, 3.05) is 0 Å². The zero-order chi connectivity index (χ0) is 13.6. The molecule has 0 saturated carbocycles. The molecule has 0 spiro atoms. The van der Waals surface area contributed by atoms with Crippen LogP contribution in [0.25, 0.3) is 0 Å². The molecule has 0 heterocycles. The molecule has 17 heavy (non-hydrogen) atoms. The molecule has 0 saturated heterocycles. The monoisotopic (exact) mass is 245 g/mol. The van der Waals surface area contributed by atoms with E-state index in [1.54, 1.807) is 20.8 Å². The molecule has 6 heteroatoms. The Bertz CT molecular complexity index is 274. The van der Waals surface area contributed by atoms with Crippen LogP contribution in [-0.2, 0) is 9.53 Å². The third-order valence-corrected chi connectivity index (χ3v) is 2.31. The van der Waals surface area contributed by atoms with Crippen molar-refractivity contribution in [1.29, 1.82) is 0 Å². The van der Waals surface area contributed by atoms with E-state index in [1.807, 2.05) is 19.3 Å². The van der Waals surface area contributed by atoms with E-state index in [4.69, 9.17) is 10.6 Å². The summed E-state index contributed by atoms with van der Waals surface area (Å²) < 4.78 is 5.09. The maximum atomic E-state index is 11.6. The van der Waals surface area contributed by atoms with Crippen LogP contribution in [0.3, 0.4) is 0 Å². The third-order valence-electron chi connectivity index (χ3n) is 2.31. The molecule has 0 bridgehead atoms. The van der Waals surface area contributed by atoms with Crippen LogP contribution < -0.4 is 16.6 Å². The Morgan fingerprint density at radius 3 is 2.24 bits per heavy atom. The van der Waals surface area contributed by atoms with Crippen molar-refractivity contribution >= 4 is 12.0 Å². The summed E-state index contributed by atoms with van der Waals surface area (Å²) in [6.45, 7) is 9.06. The molecule has 2 atom stereocenters. The standard InChI is InChI=1S/C11H23N3O3/c1-6-7(2)8(9(15)14-12)13-10(16)17-11(3,4)5/h7-8H,6,12H2,1-5H3,(H,13,16)(H,14,15). The predicted molar refractivity (Wildman–Crippen MR) is 64.9 cm³/mol. The number of hydrogen-bond donors (Lipinski definition) is 3. The fourth-order valence-corrected chi connectivity index (χ4v) is 1.23. The van der Waals surface area contributed by atoms with Crippen molar-refractivity contribution in [3.8, 4) is 0 Å². The number of carbonyl (C=O) groups excluding carboxylic acids is 2. The average molecular weight is 245 g/mol. The number of hydrogen-bond acceptors (Lipinski definition) is 4. The second-order valence-electron chi connectivity index (χ2n) is 5.02. The molecule has 2 amide bonds. The molecular weight excluding hydrogens is 222 g/mol. The Hall–Kier alpha value is -1.30. The average Bonchev–Trinajstić information content (AvgIpc) is 2.21. The summed E-state index contributed by atoms with van der Waals surface area (Å²) >= 11 is 0. The van der Waals surface area contributed by atoms with Crippen molar-refractivity contribution in [3.05, 3.63) is 0 Å². The highest BCUT2D eigenvalue weighted by atomic mass is 16.6. The number of carbonyl (C=O) groups is 2. The lowest BCUT2D eigenvalue weighted by Gasteiger charge is -2.25. The molecule has 0 aliphatic heterocycles. The summed E-state index contributed by atoms with van der Waals surface area (Å²) in [5.41, 5.74) is 1.45. The van der Waals surface area contributed by atoms with Gasteiger partial charge in [0, 0.05) is 0 Å². The molecule has 0 aliphatic rings. The van der Waals surface area contributed by atoms with Crippen molar-refractivity contribution < 1.29 is 14.3 Å². The van der Waals surface area contributed by atoms with Crippen molar-refractivity contribution in [1.82, 2.24) is 10.7 Å². The Morgan fingerprint density at radius 2 is 1.88 bits per heavy atom. The Kier molecular flexibility index (Phi) is 5.95. The van der Waals surface area contributed by atoms with Gasteiger partial charge in [-0.2, -0.15) is 0 Å². The molecule has 0 aliphatic carbocycles. The summed E-state index contributed by atoms with van der Waals surface area (Å²) in [5.74, 6) is 4.63. The molecule has 0 rings (SSSR count). The number of hydrazine groups is 1. The summed E-state index contributed by atoms with van der Waals surface area (Å²) in [6, 6.07) is -0.681. The molecule has 0 radical (unpaired) electrons. The van der Waals surface area contributed by atoms with Gasteiger partial charge in [-0.15, -0.1) is 0 Å². The second kappa shape index (κ2) is 6.44. The van der Waals surface area contributed by atoms with Gasteiger partial charge in [0.15, 0.2) is 0 Å². The summed E-state index contributed by atoms with van der Waals surface area (Å²) in [6.07, 6.45) is 0.125. The van der Waals surface area contributed by atoms with Gasteiger partial charge in [-0.3, -0.25) is 10.2 Å². The largest absolute Gasteiger partial charge is 0.444 e. The topological polar surface area (TPSA) is 93.4 Å². The molecular formula is C11H23N3O3. The SMILES string of the molecule is CCC(C)C(NC(=O)OC(C)(C)C)C(=O)NN. The van der Waals surface area contributed by atoms with Crippen molar-refractivity contribution in [3.63, 3.8) is 0 Å². The van der Waals surface area contributed by atoms with Crippen LogP contribution in [0.2, 0.25) is 0 Å². The van der Waals surface area contributed by atoms with Gasteiger partial charge in [-0.05, 0) is 26.7 Å². The van der Waals surface area contributed by atoms with Gasteiger partial charge in [-0.1, -0.05) is 20.3 Å². The summed E-state index contributed by atoms with van der Waals surface area (Å²) in [4.78, 5) is 23.1. The van der Waals surface area contributed by atoms with E-state index in [2.05, 4.69) is 5.32 Å². The van der Waals surface area contributed by atoms with Crippen LogP contribution in [0.15, 0.2) is 0 Å². The highest BCUT2D eigenvalue weighted by Gasteiger charge is 2.27. The first kappa shape index (κ1) is 15.7. The van der Waals surface area contributed by atoms with Crippen LogP contribution in [0.5, 0.6) is 0 Å². The van der Waals surface area contributed by atoms with Crippen LogP contribution in [0.1, 0.15) is 41.0 Å². The first-order chi connectivity index (χ1) is 7.71. The van der Waals surface area contributed by atoms with Gasteiger partial charge in [0.2, 0.25) is 0 Å². The minimum atomic E-state index is -0.681. The van der Waals surface area contributed by atoms with E-state index < -0.39 is 23.6 Å². The molecule has 4 N–H and O–H groups in total. The highest BCUT2D eigenvalue weighted by Crippen LogP contribution is 2.10. The third kappa shape index (κ3) is 6.11. The van der Waals surface area contributed by atoms with Gasteiger partial charge in [0.1, 0.15) is 11.6 Å². The normalized spacial score (nSPS) is 14.7. The number of alkyl carbamates (subject to hydrolysis) is 1. The first-order valence-electron chi connectivity index (χ1n) is 5.71. The van der Waals surface area contributed by atoms with E-state index >= 15 is 0 Å². The highest BCUT2D eigenvalue weighted by molar-refractivity contribution is 5.85. The molecule has 6 nitrogen and oxygen atoms in total. The lowest BCUT2D eigenvalue weighted by atomic mass is 9.99. The van der Waals surface area contributed by atoms with Gasteiger partial charge in [0.25, 0.3) is 5.91 Å². The molecule has 100 valence electrons. The number of amides is 2. The van der Waals surface area contributed by atoms with E-state index in [1.165, 1.54) is 0 Å². The van der Waals surface area contributed by atoms with Gasteiger partial charge in [0.05, 0.1) is 0 Å². The summed E-state index contributed by atoms with van der Waals surface area (Å²) in [5, 5.41) is 2.52. The number of nitrogens with two attached hydrogens (primary N) is 1. The summed E-state index contributed by atoms with van der Waals surface area (Å²) in [7, 11) is 0. The van der Waals surface area contributed by atoms with Crippen LogP contribution in [0.4, 0.5) is 4.79 Å². The maximum absolute atomic E-state index is 11.6. The van der Waals surface area contributed by atoms with Gasteiger partial charge in [-0.25, -0.2) is 10.6 Å². The molecule has 0 aromatic carbocycles. The predicted octanol–water partition coefficient (Wildman–Crippen LogP) is 0.916. The van der Waals surface area contributed by atoms with Crippen LogP contribution >= 0.6 is 0 Å². The number of ether oxygens (including phenoxy) is 1. The Labute approximate surface area is 102 Å². The Balaban J connectivity index is 4.54. The van der Waals surface area contributed by atoms with Crippen molar-refractivity contribution in [2.45, 2.75) is 52.7 Å². The minimum Gasteiger partial charge on any atom is -0.444 e. The lowest BCUT2D eigenvalue weighted by molar-refractivity contribution is -0.124. The Morgan fingerprint density at radius 1 is 1.35 bits per heavy atom. The van der Waals surface area contributed by atoms with Crippen LogP contribution in [-0.4, -0.2) is 23.6 Å². The smallest absolute Gasteiger partial charge is 0.408 e. The van der Waals surface area contributed by atoms with Gasteiger partial charge >= 0.3 is 6.09 Å².